The number of nitrogens with one attached hydrogen (secondary N) is 1. The number of thiocarbonyl (C=S) groups is 1. The van der Waals surface area contributed by atoms with Crippen molar-refractivity contribution in [3.63, 3.8) is 0 Å². The molecule has 1 fully saturated rings. The molecule has 35 heavy (non-hydrogen) atoms. The van der Waals surface area contributed by atoms with Crippen molar-refractivity contribution in [3.05, 3.63) is 101 Å². The summed E-state index contributed by atoms with van der Waals surface area (Å²) < 4.78 is 27.9. The number of halogens is 1. The average molecular weight is 487 g/mol. The molecule has 1 N–H and O–H groups in total. The van der Waals surface area contributed by atoms with E-state index in [1.807, 2.05) is 60.9 Å². The molecule has 2 atom stereocenters. The summed E-state index contributed by atoms with van der Waals surface area (Å²) in [6.45, 7) is 4.21. The number of hydrogen-bond donors (Lipinski definition) is 1. The highest BCUT2D eigenvalue weighted by molar-refractivity contribution is 7.80. The predicted molar refractivity (Wildman–Crippen MR) is 136 cm³/mol. The second kappa shape index (κ2) is 8.39. The van der Waals surface area contributed by atoms with Crippen molar-refractivity contribution in [2.24, 2.45) is 0 Å². The van der Waals surface area contributed by atoms with Gasteiger partial charge in [-0.3, -0.25) is 4.98 Å². The smallest absolute Gasteiger partial charge is 0.231 e. The van der Waals surface area contributed by atoms with Crippen LogP contribution in [0.25, 0.3) is 5.69 Å². The molecule has 0 saturated carbocycles. The molecule has 0 aliphatic carbocycles. The van der Waals surface area contributed by atoms with Crippen molar-refractivity contribution in [2.75, 3.05) is 11.7 Å². The molecule has 6 nitrogen and oxygen atoms in total. The minimum atomic E-state index is -0.269. The summed E-state index contributed by atoms with van der Waals surface area (Å²) >= 11 is 5.85. The normalized spacial score (nSPS) is 18.7. The maximum atomic E-state index is 14.8. The highest BCUT2D eigenvalue weighted by Gasteiger charge is 2.42. The number of nitrogens with zero attached hydrogens (tertiary/aromatic N) is 3. The summed E-state index contributed by atoms with van der Waals surface area (Å²) in [5, 5.41) is 4.07. The van der Waals surface area contributed by atoms with Crippen molar-refractivity contribution >= 4 is 23.0 Å². The van der Waals surface area contributed by atoms with Crippen LogP contribution in [0.15, 0.2) is 72.9 Å². The van der Waals surface area contributed by atoms with Gasteiger partial charge >= 0.3 is 0 Å². The Bertz CT molecular complexity index is 1440. The van der Waals surface area contributed by atoms with Crippen molar-refractivity contribution in [2.45, 2.75) is 25.9 Å². The van der Waals surface area contributed by atoms with Gasteiger partial charge in [0, 0.05) is 29.3 Å². The van der Waals surface area contributed by atoms with Crippen molar-refractivity contribution < 1.29 is 13.9 Å². The van der Waals surface area contributed by atoms with E-state index in [9.17, 15) is 4.39 Å². The second-order valence-corrected chi connectivity index (χ2v) is 9.03. The second-order valence-electron chi connectivity index (χ2n) is 8.65. The first kappa shape index (κ1) is 21.6. The number of anilines is 1. The summed E-state index contributed by atoms with van der Waals surface area (Å²) in [6, 6.07) is 20.2. The highest BCUT2D eigenvalue weighted by Crippen LogP contribution is 2.46. The van der Waals surface area contributed by atoms with E-state index in [0.29, 0.717) is 22.3 Å². The SMILES string of the molecule is Cc1cc([C@H]2[C@@H](c3ccccn3)NC(=S)N2c2ccc3c(c2)OCO3)c(C)n1-c1ccccc1F. The van der Waals surface area contributed by atoms with E-state index in [4.69, 9.17) is 21.7 Å². The van der Waals surface area contributed by atoms with Crippen LogP contribution in [-0.2, 0) is 0 Å². The number of rotatable bonds is 4. The minimum absolute atomic E-state index is 0.200. The Labute approximate surface area is 207 Å². The van der Waals surface area contributed by atoms with Crippen LogP contribution < -0.4 is 19.7 Å². The number of ether oxygens (including phenoxy) is 2. The molecular formula is C27H23FN4O2S. The molecule has 0 bridgehead atoms. The lowest BCUT2D eigenvalue weighted by Crippen LogP contribution is -2.29. The topological polar surface area (TPSA) is 51.6 Å². The highest BCUT2D eigenvalue weighted by atomic mass is 32.1. The number of benzene rings is 2. The minimum Gasteiger partial charge on any atom is -0.454 e. The fourth-order valence-electron chi connectivity index (χ4n) is 5.07. The fraction of sp³-hybridized carbons (Fsp3) is 0.185. The van der Waals surface area contributed by atoms with E-state index in [2.05, 4.69) is 21.3 Å². The molecule has 0 spiro atoms. The Morgan fingerprint density at radius 3 is 2.60 bits per heavy atom. The monoisotopic (exact) mass is 486 g/mol. The van der Waals surface area contributed by atoms with E-state index in [0.717, 1.165) is 28.3 Å². The lowest BCUT2D eigenvalue weighted by molar-refractivity contribution is 0.174. The Morgan fingerprint density at radius 2 is 1.80 bits per heavy atom. The molecule has 0 amide bonds. The lowest BCUT2D eigenvalue weighted by atomic mass is 9.96. The Kier molecular flexibility index (Phi) is 5.18. The molecule has 2 aliphatic heterocycles. The van der Waals surface area contributed by atoms with Crippen LogP contribution in [0, 0.1) is 19.7 Å². The quantitative estimate of drug-likeness (QED) is 0.383. The van der Waals surface area contributed by atoms with Crippen molar-refractivity contribution in [3.8, 4) is 17.2 Å². The Hall–Kier alpha value is -3.91. The Morgan fingerprint density at radius 1 is 1.00 bits per heavy atom. The van der Waals surface area contributed by atoms with Crippen LogP contribution in [0.1, 0.15) is 34.7 Å². The third-order valence-corrected chi connectivity index (χ3v) is 6.93. The van der Waals surface area contributed by atoms with E-state index >= 15 is 0 Å². The van der Waals surface area contributed by atoms with Gasteiger partial charge < -0.3 is 24.3 Å². The number of aryl methyl sites for hydroxylation is 1. The zero-order valence-corrected chi connectivity index (χ0v) is 20.1. The predicted octanol–water partition coefficient (Wildman–Crippen LogP) is 5.53. The molecule has 0 unspecified atom stereocenters. The summed E-state index contributed by atoms with van der Waals surface area (Å²) in [7, 11) is 0. The van der Waals surface area contributed by atoms with Gasteiger partial charge in [0.1, 0.15) is 5.82 Å². The third kappa shape index (κ3) is 3.52. The first-order valence-corrected chi connectivity index (χ1v) is 11.8. The van der Waals surface area contributed by atoms with Crippen LogP contribution in [-0.4, -0.2) is 21.5 Å². The van der Waals surface area contributed by atoms with Crippen molar-refractivity contribution in [1.82, 2.24) is 14.9 Å². The Balaban J connectivity index is 1.52. The number of aromatic nitrogens is 2. The molecule has 176 valence electrons. The van der Waals surface area contributed by atoms with E-state index in [1.165, 1.54) is 6.07 Å². The van der Waals surface area contributed by atoms with Gasteiger partial charge in [0.15, 0.2) is 16.6 Å². The molecule has 8 heteroatoms. The lowest BCUT2D eigenvalue weighted by Gasteiger charge is -2.28. The first-order chi connectivity index (χ1) is 17.0. The molecule has 2 aliphatic rings. The van der Waals surface area contributed by atoms with Crippen LogP contribution in [0.5, 0.6) is 11.5 Å². The van der Waals surface area contributed by atoms with Gasteiger partial charge in [-0.25, -0.2) is 4.39 Å². The maximum absolute atomic E-state index is 14.8. The number of para-hydroxylation sites is 1. The molecule has 2 aromatic heterocycles. The van der Waals surface area contributed by atoms with Crippen LogP contribution in [0.4, 0.5) is 10.1 Å². The van der Waals surface area contributed by atoms with Crippen LogP contribution >= 0.6 is 12.2 Å². The fourth-order valence-corrected chi connectivity index (χ4v) is 5.42. The third-order valence-electron chi connectivity index (χ3n) is 6.61. The molecule has 4 heterocycles. The molecule has 4 aromatic rings. The van der Waals surface area contributed by atoms with Gasteiger partial charge in [-0.15, -0.1) is 0 Å². The molecule has 1 saturated heterocycles. The van der Waals surface area contributed by atoms with Gasteiger partial charge in [-0.2, -0.15) is 0 Å². The zero-order valence-electron chi connectivity index (χ0n) is 19.2. The van der Waals surface area contributed by atoms with E-state index < -0.39 is 0 Å². The van der Waals surface area contributed by atoms with Crippen LogP contribution in [0.3, 0.4) is 0 Å². The summed E-state index contributed by atoms with van der Waals surface area (Å²) in [5.41, 5.74) is 5.18. The largest absolute Gasteiger partial charge is 0.454 e. The summed E-state index contributed by atoms with van der Waals surface area (Å²) in [6.07, 6.45) is 1.78. The summed E-state index contributed by atoms with van der Waals surface area (Å²) in [4.78, 5) is 6.72. The molecular weight excluding hydrogens is 463 g/mol. The zero-order chi connectivity index (χ0) is 24.1. The van der Waals surface area contributed by atoms with Gasteiger partial charge in [0.05, 0.1) is 23.5 Å². The van der Waals surface area contributed by atoms with E-state index in [-0.39, 0.29) is 24.7 Å². The maximum Gasteiger partial charge on any atom is 0.231 e. The first-order valence-electron chi connectivity index (χ1n) is 11.4. The molecule has 2 aromatic carbocycles. The molecule has 0 radical (unpaired) electrons. The van der Waals surface area contributed by atoms with E-state index in [1.54, 1.807) is 18.3 Å². The van der Waals surface area contributed by atoms with Gasteiger partial charge in [0.25, 0.3) is 0 Å². The molecule has 6 rings (SSSR count). The van der Waals surface area contributed by atoms with Gasteiger partial charge in [-0.05, 0) is 74.1 Å². The van der Waals surface area contributed by atoms with Crippen molar-refractivity contribution in [1.29, 1.82) is 0 Å². The van der Waals surface area contributed by atoms with Gasteiger partial charge in [0.2, 0.25) is 6.79 Å². The number of pyridine rings is 1. The van der Waals surface area contributed by atoms with Gasteiger partial charge in [-0.1, -0.05) is 18.2 Å². The summed E-state index contributed by atoms with van der Waals surface area (Å²) in [5.74, 6) is 1.12. The number of fused-ring (bicyclic) bond motifs is 1. The standard InChI is InChI=1S/C27H23FN4O2S/c1-16-13-19(17(2)31(16)22-9-4-3-7-20(22)28)26-25(21-8-5-6-12-29-21)30-27(35)32(26)18-10-11-23-24(14-18)34-15-33-23/h3-14,25-26H,15H2,1-2H3,(H,30,35)/t25-,26+/m1/s1. The van der Waals surface area contributed by atoms with Crippen LogP contribution in [0.2, 0.25) is 0 Å². The number of hydrogen-bond acceptors (Lipinski definition) is 4. The average Bonchev–Trinajstić information content (AvgIpc) is 3.55.